The van der Waals surface area contributed by atoms with Gasteiger partial charge in [-0.3, -0.25) is 0 Å². The standard InChI is InChI=1S/C21H28O5/c1-4-7-8-11-14-25-21(22)26-18-15-19(23-5-2)20(24-6-3)17-13-10-9-12-16(17)18/h9-10,12-13,15H,4-8,11,14H2,1-3H3. The molecular weight excluding hydrogens is 332 g/mol. The van der Waals surface area contributed by atoms with Gasteiger partial charge in [0.05, 0.1) is 19.8 Å². The van der Waals surface area contributed by atoms with Gasteiger partial charge in [0, 0.05) is 16.8 Å². The summed E-state index contributed by atoms with van der Waals surface area (Å²) in [5.74, 6) is 1.62. The second-order valence-electron chi connectivity index (χ2n) is 5.87. The molecule has 0 saturated heterocycles. The minimum absolute atomic E-state index is 0.367. The summed E-state index contributed by atoms with van der Waals surface area (Å²) in [5, 5.41) is 1.62. The number of carbonyl (C=O) groups excluding carboxylic acids is 1. The van der Waals surface area contributed by atoms with E-state index in [0.717, 1.165) is 36.5 Å². The summed E-state index contributed by atoms with van der Waals surface area (Å²) >= 11 is 0. The van der Waals surface area contributed by atoms with E-state index in [4.69, 9.17) is 18.9 Å². The number of benzene rings is 2. The summed E-state index contributed by atoms with van der Waals surface area (Å²) in [4.78, 5) is 12.1. The van der Waals surface area contributed by atoms with E-state index >= 15 is 0 Å². The molecule has 0 aromatic heterocycles. The Hall–Kier alpha value is -2.43. The van der Waals surface area contributed by atoms with Gasteiger partial charge in [0.15, 0.2) is 11.5 Å². The van der Waals surface area contributed by atoms with Gasteiger partial charge in [-0.25, -0.2) is 4.79 Å². The predicted molar refractivity (Wildman–Crippen MR) is 102 cm³/mol. The Balaban J connectivity index is 2.20. The molecule has 2 aromatic carbocycles. The van der Waals surface area contributed by atoms with E-state index in [0.29, 0.717) is 37.1 Å². The lowest BCUT2D eigenvalue weighted by Gasteiger charge is -2.16. The molecule has 0 aliphatic rings. The van der Waals surface area contributed by atoms with Crippen molar-refractivity contribution in [3.63, 3.8) is 0 Å². The van der Waals surface area contributed by atoms with Crippen LogP contribution in [0.1, 0.15) is 46.5 Å². The van der Waals surface area contributed by atoms with Gasteiger partial charge in [0.2, 0.25) is 0 Å². The Morgan fingerprint density at radius 1 is 0.885 bits per heavy atom. The summed E-state index contributed by atoms with van der Waals surface area (Å²) < 4.78 is 22.1. The molecule has 0 unspecified atom stereocenters. The SMILES string of the molecule is CCCCCCOC(=O)Oc1cc(OCC)c(OCC)c2ccccc12. The van der Waals surface area contributed by atoms with Crippen LogP contribution in [0, 0.1) is 0 Å². The number of unbranched alkanes of at least 4 members (excludes halogenated alkanes) is 3. The molecule has 142 valence electrons. The summed E-state index contributed by atoms with van der Waals surface area (Å²) in [6, 6.07) is 9.30. The monoisotopic (exact) mass is 360 g/mol. The van der Waals surface area contributed by atoms with Crippen LogP contribution in [-0.2, 0) is 4.74 Å². The molecule has 2 aromatic rings. The fourth-order valence-corrected chi connectivity index (χ4v) is 2.74. The highest BCUT2D eigenvalue weighted by molar-refractivity contribution is 5.96. The summed E-state index contributed by atoms with van der Waals surface area (Å²) in [5.41, 5.74) is 0. The number of ether oxygens (including phenoxy) is 4. The van der Waals surface area contributed by atoms with Crippen molar-refractivity contribution in [2.24, 2.45) is 0 Å². The van der Waals surface area contributed by atoms with Crippen LogP contribution in [0.2, 0.25) is 0 Å². The van der Waals surface area contributed by atoms with E-state index < -0.39 is 6.16 Å². The average molecular weight is 360 g/mol. The van der Waals surface area contributed by atoms with Crippen molar-refractivity contribution in [3.05, 3.63) is 30.3 Å². The van der Waals surface area contributed by atoms with Crippen molar-refractivity contribution in [1.82, 2.24) is 0 Å². The van der Waals surface area contributed by atoms with E-state index in [1.54, 1.807) is 6.07 Å². The van der Waals surface area contributed by atoms with Gasteiger partial charge in [-0.05, 0) is 20.3 Å². The molecule has 5 nitrogen and oxygen atoms in total. The fraction of sp³-hybridized carbons (Fsp3) is 0.476. The Morgan fingerprint density at radius 2 is 1.62 bits per heavy atom. The van der Waals surface area contributed by atoms with Gasteiger partial charge in [-0.15, -0.1) is 0 Å². The van der Waals surface area contributed by atoms with Crippen LogP contribution in [0.5, 0.6) is 17.2 Å². The molecule has 0 aliphatic carbocycles. The lowest BCUT2D eigenvalue weighted by atomic mass is 10.1. The van der Waals surface area contributed by atoms with Crippen LogP contribution in [-0.4, -0.2) is 26.0 Å². The summed E-state index contributed by atoms with van der Waals surface area (Å²) in [7, 11) is 0. The number of rotatable bonds is 10. The first kappa shape index (κ1) is 19.9. The van der Waals surface area contributed by atoms with Crippen LogP contribution in [0.4, 0.5) is 4.79 Å². The Morgan fingerprint density at radius 3 is 2.31 bits per heavy atom. The first-order valence-electron chi connectivity index (χ1n) is 9.37. The molecule has 5 heteroatoms. The molecule has 0 amide bonds. The van der Waals surface area contributed by atoms with Crippen molar-refractivity contribution in [3.8, 4) is 17.2 Å². The zero-order chi connectivity index (χ0) is 18.8. The molecule has 0 heterocycles. The molecule has 0 bridgehead atoms. The molecular formula is C21H28O5. The molecule has 0 saturated carbocycles. The quantitative estimate of drug-likeness (QED) is 0.307. The third-order valence-corrected chi connectivity index (χ3v) is 3.92. The number of fused-ring (bicyclic) bond motifs is 1. The summed E-state index contributed by atoms with van der Waals surface area (Å²) in [6.07, 6.45) is 3.47. The largest absolute Gasteiger partial charge is 0.513 e. The topological polar surface area (TPSA) is 54.0 Å². The Bertz CT molecular complexity index is 711. The third kappa shape index (κ3) is 5.28. The van der Waals surface area contributed by atoms with Crippen LogP contribution in [0.25, 0.3) is 10.8 Å². The predicted octanol–water partition coefficient (Wildman–Crippen LogP) is 5.73. The molecule has 0 radical (unpaired) electrons. The molecule has 0 N–H and O–H groups in total. The second-order valence-corrected chi connectivity index (χ2v) is 5.87. The molecule has 0 fully saturated rings. The Kier molecular flexibility index (Phi) is 8.06. The van der Waals surface area contributed by atoms with E-state index in [9.17, 15) is 4.79 Å². The first-order chi connectivity index (χ1) is 12.7. The van der Waals surface area contributed by atoms with Crippen molar-refractivity contribution in [1.29, 1.82) is 0 Å². The average Bonchev–Trinajstić information content (AvgIpc) is 2.64. The first-order valence-corrected chi connectivity index (χ1v) is 9.37. The second kappa shape index (κ2) is 10.5. The van der Waals surface area contributed by atoms with Crippen LogP contribution < -0.4 is 14.2 Å². The van der Waals surface area contributed by atoms with Crippen LogP contribution >= 0.6 is 0 Å². The van der Waals surface area contributed by atoms with Crippen molar-refractivity contribution in [2.75, 3.05) is 19.8 Å². The highest BCUT2D eigenvalue weighted by Crippen LogP contribution is 2.41. The van der Waals surface area contributed by atoms with Crippen molar-refractivity contribution < 1.29 is 23.7 Å². The zero-order valence-corrected chi connectivity index (χ0v) is 15.9. The molecule has 0 aliphatic heterocycles. The third-order valence-electron chi connectivity index (χ3n) is 3.92. The van der Waals surface area contributed by atoms with Crippen molar-refractivity contribution >= 4 is 16.9 Å². The molecule has 2 rings (SSSR count). The molecule has 26 heavy (non-hydrogen) atoms. The van der Waals surface area contributed by atoms with Gasteiger partial charge in [-0.2, -0.15) is 0 Å². The van der Waals surface area contributed by atoms with Gasteiger partial charge in [0.25, 0.3) is 0 Å². The highest BCUT2D eigenvalue weighted by atomic mass is 16.7. The minimum Gasteiger partial charge on any atom is -0.490 e. The van der Waals surface area contributed by atoms with E-state index in [-0.39, 0.29) is 0 Å². The number of hydrogen-bond donors (Lipinski definition) is 0. The van der Waals surface area contributed by atoms with E-state index in [1.807, 2.05) is 38.1 Å². The van der Waals surface area contributed by atoms with Crippen LogP contribution in [0.3, 0.4) is 0 Å². The maximum atomic E-state index is 12.1. The molecule has 0 atom stereocenters. The lowest BCUT2D eigenvalue weighted by molar-refractivity contribution is 0.0977. The maximum absolute atomic E-state index is 12.1. The lowest BCUT2D eigenvalue weighted by Crippen LogP contribution is -2.12. The maximum Gasteiger partial charge on any atom is 0.513 e. The van der Waals surface area contributed by atoms with E-state index in [2.05, 4.69) is 6.92 Å². The normalized spacial score (nSPS) is 10.6. The molecule has 0 spiro atoms. The Labute approximate surface area is 155 Å². The minimum atomic E-state index is -0.696. The van der Waals surface area contributed by atoms with Gasteiger partial charge in [-0.1, -0.05) is 50.5 Å². The fourth-order valence-electron chi connectivity index (χ4n) is 2.74. The van der Waals surface area contributed by atoms with Crippen molar-refractivity contribution in [2.45, 2.75) is 46.5 Å². The smallest absolute Gasteiger partial charge is 0.490 e. The van der Waals surface area contributed by atoms with E-state index in [1.165, 1.54) is 0 Å². The highest BCUT2D eigenvalue weighted by Gasteiger charge is 2.17. The number of hydrogen-bond acceptors (Lipinski definition) is 5. The number of carbonyl (C=O) groups is 1. The zero-order valence-electron chi connectivity index (χ0n) is 15.9. The van der Waals surface area contributed by atoms with Gasteiger partial charge in [0.1, 0.15) is 5.75 Å². The van der Waals surface area contributed by atoms with Gasteiger partial charge >= 0.3 is 6.16 Å². The van der Waals surface area contributed by atoms with Gasteiger partial charge < -0.3 is 18.9 Å². The summed E-state index contributed by atoms with van der Waals surface area (Å²) in [6.45, 7) is 7.33. The van der Waals surface area contributed by atoms with Crippen LogP contribution in [0.15, 0.2) is 30.3 Å².